The Morgan fingerprint density at radius 1 is 1.17 bits per heavy atom. The van der Waals surface area contributed by atoms with Crippen molar-refractivity contribution < 1.29 is 4.79 Å². The van der Waals surface area contributed by atoms with Gasteiger partial charge in [-0.2, -0.15) is 0 Å². The first-order valence-electron chi connectivity index (χ1n) is 4.35. The molecule has 72 valence electrons. The van der Waals surface area contributed by atoms with Crippen LogP contribution in [0.5, 0.6) is 0 Å². The molecule has 1 fully saturated rings. The molecule has 0 aromatic heterocycles. The summed E-state index contributed by atoms with van der Waals surface area (Å²) in [5, 5.41) is 6.44. The van der Waals surface area contributed by atoms with Gasteiger partial charge in [-0.25, -0.2) is 0 Å². The molecule has 12 heavy (non-hydrogen) atoms. The summed E-state index contributed by atoms with van der Waals surface area (Å²) in [6.07, 6.45) is 0. The first-order valence-corrected chi connectivity index (χ1v) is 4.35. The van der Waals surface area contributed by atoms with Crippen LogP contribution in [0.15, 0.2) is 0 Å². The van der Waals surface area contributed by atoms with Crippen molar-refractivity contribution in [2.24, 2.45) is 11.7 Å². The summed E-state index contributed by atoms with van der Waals surface area (Å²) >= 11 is 0. The third kappa shape index (κ3) is 7.50. The smallest absolute Gasteiger partial charge is 0.219 e. The zero-order chi connectivity index (χ0) is 9.40. The molecule has 0 aliphatic carbocycles. The highest BCUT2D eigenvalue weighted by molar-refractivity contribution is 5.75. The Balaban J connectivity index is 0.000000202. The van der Waals surface area contributed by atoms with Crippen LogP contribution < -0.4 is 16.4 Å². The van der Waals surface area contributed by atoms with Crippen molar-refractivity contribution in [3.63, 3.8) is 0 Å². The van der Waals surface area contributed by atoms with E-state index in [9.17, 15) is 4.79 Å². The normalized spacial score (nSPS) is 16.6. The standard InChI is InChI=1S/C4H10N2.C4H9NO/c1-2-6-4-3-5-1;1-3(2)4(5)6/h5-6H,1-4H2;3H,1-2H3,(H2,5,6). The molecule has 4 N–H and O–H groups in total. The number of hydrogen-bond donors (Lipinski definition) is 3. The highest BCUT2D eigenvalue weighted by Gasteiger charge is 1.96. The molecule has 1 saturated heterocycles. The molecule has 0 bridgehead atoms. The lowest BCUT2D eigenvalue weighted by atomic mass is 10.2. The van der Waals surface area contributed by atoms with Crippen molar-refractivity contribution in [2.45, 2.75) is 13.8 Å². The van der Waals surface area contributed by atoms with E-state index in [-0.39, 0.29) is 11.8 Å². The minimum atomic E-state index is -0.241. The van der Waals surface area contributed by atoms with Gasteiger partial charge in [0.2, 0.25) is 5.91 Å². The summed E-state index contributed by atoms with van der Waals surface area (Å²) in [6.45, 7) is 8.09. The first-order chi connectivity index (χ1) is 5.64. The van der Waals surface area contributed by atoms with Crippen molar-refractivity contribution in [3.8, 4) is 0 Å². The fourth-order valence-corrected chi connectivity index (χ4v) is 0.604. The van der Waals surface area contributed by atoms with Crippen LogP contribution >= 0.6 is 0 Å². The zero-order valence-corrected chi connectivity index (χ0v) is 7.89. The van der Waals surface area contributed by atoms with E-state index in [2.05, 4.69) is 10.6 Å². The average molecular weight is 173 g/mol. The van der Waals surface area contributed by atoms with Gasteiger partial charge >= 0.3 is 0 Å². The topological polar surface area (TPSA) is 67.2 Å². The van der Waals surface area contributed by atoms with E-state index in [0.29, 0.717) is 0 Å². The van der Waals surface area contributed by atoms with Crippen LogP contribution in [0, 0.1) is 5.92 Å². The number of nitrogens with two attached hydrogens (primary N) is 1. The quantitative estimate of drug-likeness (QED) is 0.491. The van der Waals surface area contributed by atoms with Gasteiger partial charge in [-0.15, -0.1) is 0 Å². The molecule has 1 rings (SSSR count). The predicted molar refractivity (Wildman–Crippen MR) is 49.8 cm³/mol. The van der Waals surface area contributed by atoms with Crippen molar-refractivity contribution in [3.05, 3.63) is 0 Å². The average Bonchev–Trinajstić information content (AvgIpc) is 2.08. The summed E-state index contributed by atoms with van der Waals surface area (Å²) in [5.41, 5.74) is 4.80. The Bertz CT molecular complexity index is 110. The second-order valence-corrected chi connectivity index (χ2v) is 3.06. The number of nitrogens with one attached hydrogen (secondary N) is 2. The minimum Gasteiger partial charge on any atom is -0.369 e. The highest BCUT2D eigenvalue weighted by Crippen LogP contribution is 1.84. The van der Waals surface area contributed by atoms with E-state index in [1.807, 2.05) is 0 Å². The number of carbonyl (C=O) groups excluding carboxylic acids is 1. The number of primary amides is 1. The first kappa shape index (κ1) is 11.4. The van der Waals surface area contributed by atoms with Crippen LogP contribution in [0.4, 0.5) is 0 Å². The van der Waals surface area contributed by atoms with Crippen molar-refractivity contribution in [2.75, 3.05) is 26.2 Å². The maximum absolute atomic E-state index is 9.92. The SMILES string of the molecule is C1CNCCN1.CC(C)C(N)=O. The molecule has 4 heteroatoms. The summed E-state index contributed by atoms with van der Waals surface area (Å²) < 4.78 is 0. The molecule has 1 amide bonds. The second kappa shape index (κ2) is 7.06. The minimum absolute atomic E-state index is 0.00926. The molecule has 1 heterocycles. The molecule has 0 aromatic carbocycles. The number of piperazine rings is 1. The third-order valence-electron chi connectivity index (χ3n) is 1.53. The molecular weight excluding hydrogens is 154 g/mol. The summed E-state index contributed by atoms with van der Waals surface area (Å²) in [6, 6.07) is 0. The van der Waals surface area contributed by atoms with Crippen LogP contribution in [0.25, 0.3) is 0 Å². The second-order valence-electron chi connectivity index (χ2n) is 3.06. The molecule has 1 aliphatic heterocycles. The number of amides is 1. The van der Waals surface area contributed by atoms with Crippen LogP contribution in [0.3, 0.4) is 0 Å². The summed E-state index contributed by atoms with van der Waals surface area (Å²) in [7, 11) is 0. The number of hydrogen-bond acceptors (Lipinski definition) is 3. The van der Waals surface area contributed by atoms with Gasteiger partial charge in [-0.3, -0.25) is 4.79 Å². The lowest BCUT2D eigenvalue weighted by Crippen LogP contribution is -2.39. The summed E-state index contributed by atoms with van der Waals surface area (Å²) in [4.78, 5) is 9.92. The summed E-state index contributed by atoms with van der Waals surface area (Å²) in [5.74, 6) is -0.250. The van der Waals surface area contributed by atoms with E-state index in [0.717, 1.165) is 26.2 Å². The molecule has 0 spiro atoms. The van der Waals surface area contributed by atoms with Crippen LogP contribution in [0.2, 0.25) is 0 Å². The largest absolute Gasteiger partial charge is 0.369 e. The van der Waals surface area contributed by atoms with E-state index < -0.39 is 0 Å². The molecule has 0 saturated carbocycles. The zero-order valence-electron chi connectivity index (χ0n) is 7.89. The molecule has 0 aromatic rings. The molecule has 0 unspecified atom stereocenters. The van der Waals surface area contributed by atoms with Gasteiger partial charge in [0.1, 0.15) is 0 Å². The van der Waals surface area contributed by atoms with Gasteiger partial charge in [0.15, 0.2) is 0 Å². The van der Waals surface area contributed by atoms with Crippen molar-refractivity contribution in [1.82, 2.24) is 10.6 Å². The maximum Gasteiger partial charge on any atom is 0.219 e. The predicted octanol–water partition coefficient (Wildman–Crippen LogP) is -0.693. The van der Waals surface area contributed by atoms with Crippen molar-refractivity contribution in [1.29, 1.82) is 0 Å². The Kier molecular flexibility index (Phi) is 6.70. The van der Waals surface area contributed by atoms with Crippen LogP contribution in [0.1, 0.15) is 13.8 Å². The molecule has 1 aliphatic rings. The Hall–Kier alpha value is -0.610. The fourth-order valence-electron chi connectivity index (χ4n) is 0.604. The van der Waals surface area contributed by atoms with E-state index in [1.165, 1.54) is 0 Å². The van der Waals surface area contributed by atoms with E-state index in [1.54, 1.807) is 13.8 Å². The molecule has 0 atom stereocenters. The fraction of sp³-hybridized carbons (Fsp3) is 0.875. The maximum atomic E-state index is 9.92. The van der Waals surface area contributed by atoms with E-state index in [4.69, 9.17) is 5.73 Å². The van der Waals surface area contributed by atoms with Gasteiger partial charge < -0.3 is 16.4 Å². The Labute approximate surface area is 73.9 Å². The Morgan fingerprint density at radius 2 is 1.42 bits per heavy atom. The Morgan fingerprint density at radius 3 is 1.50 bits per heavy atom. The third-order valence-corrected chi connectivity index (χ3v) is 1.53. The van der Waals surface area contributed by atoms with Gasteiger partial charge in [-0.05, 0) is 0 Å². The van der Waals surface area contributed by atoms with Gasteiger partial charge in [-0.1, -0.05) is 13.8 Å². The van der Waals surface area contributed by atoms with E-state index >= 15 is 0 Å². The van der Waals surface area contributed by atoms with Gasteiger partial charge in [0.25, 0.3) is 0 Å². The number of rotatable bonds is 1. The lowest BCUT2D eigenvalue weighted by Gasteiger charge is -2.11. The monoisotopic (exact) mass is 173 g/mol. The molecule has 4 nitrogen and oxygen atoms in total. The van der Waals surface area contributed by atoms with Crippen LogP contribution in [-0.4, -0.2) is 32.1 Å². The molecule has 0 radical (unpaired) electrons. The lowest BCUT2D eigenvalue weighted by molar-refractivity contribution is -0.120. The van der Waals surface area contributed by atoms with Crippen LogP contribution in [-0.2, 0) is 4.79 Å². The number of carbonyl (C=O) groups is 1. The molecular formula is C8H19N3O. The van der Waals surface area contributed by atoms with Gasteiger partial charge in [0.05, 0.1) is 0 Å². The van der Waals surface area contributed by atoms with Crippen molar-refractivity contribution >= 4 is 5.91 Å². The van der Waals surface area contributed by atoms with Gasteiger partial charge in [0, 0.05) is 32.1 Å². The highest BCUT2D eigenvalue weighted by atomic mass is 16.1.